The van der Waals surface area contributed by atoms with E-state index in [1.54, 1.807) is 6.20 Å². The van der Waals surface area contributed by atoms with E-state index in [4.69, 9.17) is 5.11 Å². The number of imidazole rings is 1. The molecule has 2 N–H and O–H groups in total. The van der Waals surface area contributed by atoms with E-state index in [0.29, 0.717) is 0 Å². The third-order valence-corrected chi connectivity index (χ3v) is 2.30. The van der Waals surface area contributed by atoms with E-state index in [0.717, 1.165) is 38.9 Å². The average Bonchev–Trinajstić information content (AvgIpc) is 2.68. The molecular formula is C11H21N3O. The molecule has 1 atom stereocenters. The number of aromatic nitrogens is 2. The first-order valence-corrected chi connectivity index (χ1v) is 5.63. The number of aliphatic hydroxyl groups is 1. The lowest BCUT2D eigenvalue weighted by Crippen LogP contribution is -2.19. The zero-order chi connectivity index (χ0) is 10.9. The van der Waals surface area contributed by atoms with Gasteiger partial charge in [0.1, 0.15) is 0 Å². The summed E-state index contributed by atoms with van der Waals surface area (Å²) in [6.07, 6.45) is 8.50. The monoisotopic (exact) mass is 211 g/mol. The van der Waals surface area contributed by atoms with Gasteiger partial charge < -0.3 is 15.0 Å². The van der Waals surface area contributed by atoms with E-state index in [1.807, 2.05) is 19.4 Å². The van der Waals surface area contributed by atoms with Gasteiger partial charge in [-0.25, -0.2) is 4.98 Å². The maximum Gasteiger partial charge on any atom is 0.0945 e. The molecule has 0 aliphatic rings. The van der Waals surface area contributed by atoms with Crippen molar-refractivity contribution in [2.45, 2.75) is 38.8 Å². The van der Waals surface area contributed by atoms with E-state index < -0.39 is 0 Å². The lowest BCUT2D eigenvalue weighted by atomic mass is 10.2. The van der Waals surface area contributed by atoms with Crippen molar-refractivity contribution in [3.8, 4) is 0 Å². The zero-order valence-corrected chi connectivity index (χ0v) is 9.39. The third kappa shape index (κ3) is 6.25. The molecule has 0 amide bonds. The van der Waals surface area contributed by atoms with E-state index in [1.165, 1.54) is 0 Å². The first-order chi connectivity index (χ1) is 7.29. The van der Waals surface area contributed by atoms with Crippen LogP contribution < -0.4 is 5.32 Å². The Morgan fingerprint density at radius 3 is 2.87 bits per heavy atom. The van der Waals surface area contributed by atoms with Crippen molar-refractivity contribution in [2.24, 2.45) is 0 Å². The van der Waals surface area contributed by atoms with Crippen LogP contribution in [0.5, 0.6) is 0 Å². The van der Waals surface area contributed by atoms with Crippen LogP contribution in [-0.2, 0) is 6.54 Å². The number of aryl methyl sites for hydroxylation is 1. The Kier molecular flexibility index (Phi) is 6.04. The molecule has 4 heteroatoms. The summed E-state index contributed by atoms with van der Waals surface area (Å²) in [7, 11) is 0. The molecule has 1 aromatic heterocycles. The molecular weight excluding hydrogens is 190 g/mol. The highest BCUT2D eigenvalue weighted by Crippen LogP contribution is 1.94. The van der Waals surface area contributed by atoms with Gasteiger partial charge in [-0.15, -0.1) is 0 Å². The predicted molar refractivity (Wildman–Crippen MR) is 60.6 cm³/mol. The largest absolute Gasteiger partial charge is 0.393 e. The van der Waals surface area contributed by atoms with Gasteiger partial charge >= 0.3 is 0 Å². The van der Waals surface area contributed by atoms with Crippen molar-refractivity contribution in [3.05, 3.63) is 18.7 Å². The van der Waals surface area contributed by atoms with Crippen LogP contribution in [0.3, 0.4) is 0 Å². The van der Waals surface area contributed by atoms with Crippen LogP contribution in [-0.4, -0.2) is 33.9 Å². The normalized spacial score (nSPS) is 12.9. The second kappa shape index (κ2) is 7.43. The van der Waals surface area contributed by atoms with Gasteiger partial charge in [-0.1, -0.05) is 0 Å². The van der Waals surface area contributed by atoms with Crippen LogP contribution in [0.4, 0.5) is 0 Å². The summed E-state index contributed by atoms with van der Waals surface area (Å²) in [5.41, 5.74) is 0. The van der Waals surface area contributed by atoms with E-state index in [2.05, 4.69) is 14.9 Å². The quantitative estimate of drug-likeness (QED) is 0.631. The third-order valence-electron chi connectivity index (χ3n) is 2.30. The van der Waals surface area contributed by atoms with Crippen molar-refractivity contribution in [1.82, 2.24) is 14.9 Å². The SMILES string of the molecule is CC(O)CCCNCCCn1ccnc1. The second-order valence-electron chi connectivity index (χ2n) is 3.90. The summed E-state index contributed by atoms with van der Waals surface area (Å²) < 4.78 is 2.08. The van der Waals surface area contributed by atoms with Crippen molar-refractivity contribution >= 4 is 0 Å². The number of nitrogens with zero attached hydrogens (tertiary/aromatic N) is 2. The summed E-state index contributed by atoms with van der Waals surface area (Å²) in [6, 6.07) is 0. The Hall–Kier alpha value is -0.870. The molecule has 1 aromatic rings. The van der Waals surface area contributed by atoms with Crippen molar-refractivity contribution in [2.75, 3.05) is 13.1 Å². The number of hydrogen-bond donors (Lipinski definition) is 2. The number of hydrogen-bond acceptors (Lipinski definition) is 3. The van der Waals surface area contributed by atoms with Crippen LogP contribution in [0.25, 0.3) is 0 Å². The molecule has 1 unspecified atom stereocenters. The molecule has 0 bridgehead atoms. The summed E-state index contributed by atoms with van der Waals surface area (Å²) in [5.74, 6) is 0. The fourth-order valence-corrected chi connectivity index (χ4v) is 1.45. The highest BCUT2D eigenvalue weighted by molar-refractivity contribution is 4.73. The first-order valence-electron chi connectivity index (χ1n) is 5.63. The minimum atomic E-state index is -0.169. The number of rotatable bonds is 8. The van der Waals surface area contributed by atoms with Gasteiger partial charge in [-0.2, -0.15) is 0 Å². The molecule has 0 spiro atoms. The van der Waals surface area contributed by atoms with E-state index in [9.17, 15) is 0 Å². The fraction of sp³-hybridized carbons (Fsp3) is 0.727. The highest BCUT2D eigenvalue weighted by Gasteiger charge is 1.95. The van der Waals surface area contributed by atoms with Gasteiger partial charge in [-0.05, 0) is 39.3 Å². The van der Waals surface area contributed by atoms with Crippen molar-refractivity contribution < 1.29 is 5.11 Å². The Balaban J connectivity index is 1.85. The summed E-state index contributed by atoms with van der Waals surface area (Å²) in [6.45, 7) is 4.87. The molecule has 0 aliphatic heterocycles. The predicted octanol–water partition coefficient (Wildman–Crippen LogP) is 1.02. The van der Waals surface area contributed by atoms with E-state index >= 15 is 0 Å². The Bertz CT molecular complexity index is 234. The second-order valence-corrected chi connectivity index (χ2v) is 3.90. The molecule has 0 saturated carbocycles. The minimum absolute atomic E-state index is 0.169. The lowest BCUT2D eigenvalue weighted by Gasteiger charge is -2.06. The topological polar surface area (TPSA) is 50.1 Å². The van der Waals surface area contributed by atoms with Crippen molar-refractivity contribution in [1.29, 1.82) is 0 Å². The van der Waals surface area contributed by atoms with Gasteiger partial charge in [0.2, 0.25) is 0 Å². The summed E-state index contributed by atoms with van der Waals surface area (Å²) in [4.78, 5) is 3.98. The van der Waals surface area contributed by atoms with Crippen LogP contribution in [0.15, 0.2) is 18.7 Å². The molecule has 0 fully saturated rings. The molecule has 86 valence electrons. The Morgan fingerprint density at radius 1 is 1.40 bits per heavy atom. The molecule has 4 nitrogen and oxygen atoms in total. The molecule has 1 rings (SSSR count). The number of aliphatic hydroxyl groups excluding tert-OH is 1. The number of nitrogens with one attached hydrogen (secondary N) is 1. The standard InChI is InChI=1S/C11H21N3O/c1-11(15)4-2-5-12-6-3-8-14-9-7-13-10-14/h7,9-12,15H,2-6,8H2,1H3. The maximum atomic E-state index is 9.04. The first kappa shape index (κ1) is 12.2. The van der Waals surface area contributed by atoms with Gasteiger partial charge in [0, 0.05) is 18.9 Å². The maximum absolute atomic E-state index is 9.04. The Morgan fingerprint density at radius 2 is 2.20 bits per heavy atom. The zero-order valence-electron chi connectivity index (χ0n) is 9.39. The molecule has 0 aliphatic carbocycles. The Labute approximate surface area is 91.3 Å². The van der Waals surface area contributed by atoms with Crippen LogP contribution in [0.2, 0.25) is 0 Å². The fourth-order valence-electron chi connectivity index (χ4n) is 1.45. The highest BCUT2D eigenvalue weighted by atomic mass is 16.3. The molecule has 1 heterocycles. The van der Waals surface area contributed by atoms with Gasteiger partial charge in [0.25, 0.3) is 0 Å². The molecule has 0 radical (unpaired) electrons. The smallest absolute Gasteiger partial charge is 0.0945 e. The molecule has 15 heavy (non-hydrogen) atoms. The average molecular weight is 211 g/mol. The minimum Gasteiger partial charge on any atom is -0.393 e. The van der Waals surface area contributed by atoms with Gasteiger partial charge in [0.15, 0.2) is 0 Å². The van der Waals surface area contributed by atoms with Crippen LogP contribution in [0.1, 0.15) is 26.2 Å². The van der Waals surface area contributed by atoms with Crippen LogP contribution in [0, 0.1) is 0 Å². The summed E-state index contributed by atoms with van der Waals surface area (Å²) >= 11 is 0. The summed E-state index contributed by atoms with van der Waals surface area (Å²) in [5, 5.41) is 12.4. The molecule has 0 saturated heterocycles. The van der Waals surface area contributed by atoms with Gasteiger partial charge in [0.05, 0.1) is 12.4 Å². The van der Waals surface area contributed by atoms with Gasteiger partial charge in [-0.3, -0.25) is 0 Å². The van der Waals surface area contributed by atoms with E-state index in [-0.39, 0.29) is 6.10 Å². The molecule has 0 aromatic carbocycles. The van der Waals surface area contributed by atoms with Crippen molar-refractivity contribution in [3.63, 3.8) is 0 Å². The van der Waals surface area contributed by atoms with Crippen LogP contribution >= 0.6 is 0 Å². The lowest BCUT2D eigenvalue weighted by molar-refractivity contribution is 0.181.